The van der Waals surface area contributed by atoms with Crippen molar-refractivity contribution in [1.82, 2.24) is 15.5 Å². The first-order valence-electron chi connectivity index (χ1n) is 13.3. The molecule has 6 nitrogen and oxygen atoms in total. The van der Waals surface area contributed by atoms with Gasteiger partial charge in [-0.25, -0.2) is 0 Å². The maximum atomic E-state index is 13.3. The standard InChI is InChI=1S/C31H38ClN3O3/c1-3-17-35(18-4-2)31(38)25-15-10-14-24(20-25)30(37)34-28(19-23-11-6-5-7-12-23)29(36)22-33-21-26-13-8-9-16-27(26)32/h5-16,20,28-29,33,36H,3-4,17-19,21-22H2,1-2H3,(H,34,37)/t28-,29+/m0/s1. The Morgan fingerprint density at radius 1 is 0.895 bits per heavy atom. The van der Waals surface area contributed by atoms with Crippen LogP contribution >= 0.6 is 11.6 Å². The second kappa shape index (κ2) is 15.3. The van der Waals surface area contributed by atoms with Crippen molar-refractivity contribution in [2.45, 2.75) is 51.8 Å². The summed E-state index contributed by atoms with van der Waals surface area (Å²) in [6, 6.07) is 23.6. The minimum Gasteiger partial charge on any atom is -0.390 e. The van der Waals surface area contributed by atoms with Gasteiger partial charge in [0, 0.05) is 42.3 Å². The van der Waals surface area contributed by atoms with Crippen LogP contribution in [-0.4, -0.2) is 53.6 Å². The number of hydrogen-bond acceptors (Lipinski definition) is 4. The molecule has 3 N–H and O–H groups in total. The summed E-state index contributed by atoms with van der Waals surface area (Å²) in [4.78, 5) is 28.2. The lowest BCUT2D eigenvalue weighted by atomic mass is 10.00. The number of carbonyl (C=O) groups excluding carboxylic acids is 2. The second-order valence-electron chi connectivity index (χ2n) is 9.43. The van der Waals surface area contributed by atoms with E-state index in [-0.39, 0.29) is 18.4 Å². The molecule has 38 heavy (non-hydrogen) atoms. The molecule has 3 rings (SSSR count). The number of rotatable bonds is 14. The Hall–Kier alpha value is -3.19. The van der Waals surface area contributed by atoms with Crippen molar-refractivity contribution in [1.29, 1.82) is 0 Å². The minimum absolute atomic E-state index is 0.0759. The Morgan fingerprint density at radius 3 is 2.24 bits per heavy atom. The van der Waals surface area contributed by atoms with Crippen LogP contribution < -0.4 is 10.6 Å². The Balaban J connectivity index is 1.72. The maximum absolute atomic E-state index is 13.3. The summed E-state index contributed by atoms with van der Waals surface area (Å²) >= 11 is 6.25. The molecule has 3 aromatic rings. The SMILES string of the molecule is CCCN(CCC)C(=O)c1cccc(C(=O)N[C@@H](Cc2ccccc2)[C@H](O)CNCc2ccccc2Cl)c1. The molecule has 0 aliphatic rings. The van der Waals surface area contributed by atoms with Gasteiger partial charge in [-0.15, -0.1) is 0 Å². The molecule has 0 aliphatic heterocycles. The zero-order chi connectivity index (χ0) is 27.3. The fraction of sp³-hybridized carbons (Fsp3) is 0.355. The Morgan fingerprint density at radius 2 is 1.55 bits per heavy atom. The van der Waals surface area contributed by atoms with Crippen LogP contribution in [0.3, 0.4) is 0 Å². The van der Waals surface area contributed by atoms with Crippen LogP contribution in [0.2, 0.25) is 5.02 Å². The molecule has 0 fully saturated rings. The van der Waals surface area contributed by atoms with Gasteiger partial charge in [-0.3, -0.25) is 9.59 Å². The van der Waals surface area contributed by atoms with E-state index < -0.39 is 12.1 Å². The summed E-state index contributed by atoms with van der Waals surface area (Å²) in [7, 11) is 0. The van der Waals surface area contributed by atoms with Crippen molar-refractivity contribution in [2.75, 3.05) is 19.6 Å². The minimum atomic E-state index is -0.851. The number of halogens is 1. The molecular weight excluding hydrogens is 498 g/mol. The first-order valence-corrected chi connectivity index (χ1v) is 13.7. The molecule has 0 bridgehead atoms. The summed E-state index contributed by atoms with van der Waals surface area (Å²) < 4.78 is 0. The fourth-order valence-corrected chi connectivity index (χ4v) is 4.58. The molecule has 0 unspecified atom stereocenters. The highest BCUT2D eigenvalue weighted by atomic mass is 35.5. The van der Waals surface area contributed by atoms with Crippen LogP contribution in [-0.2, 0) is 13.0 Å². The lowest BCUT2D eigenvalue weighted by Crippen LogP contribution is -2.48. The lowest BCUT2D eigenvalue weighted by Gasteiger charge is -2.25. The van der Waals surface area contributed by atoms with E-state index in [0.717, 1.165) is 24.0 Å². The van der Waals surface area contributed by atoms with Gasteiger partial charge in [-0.1, -0.05) is 80.0 Å². The molecule has 0 saturated carbocycles. The number of nitrogens with one attached hydrogen (secondary N) is 2. The van der Waals surface area contributed by atoms with Gasteiger partial charge in [0.15, 0.2) is 0 Å². The summed E-state index contributed by atoms with van der Waals surface area (Å²) in [6.07, 6.45) is 1.35. The molecule has 3 aromatic carbocycles. The molecule has 0 aliphatic carbocycles. The van der Waals surface area contributed by atoms with E-state index >= 15 is 0 Å². The molecule has 2 atom stereocenters. The topological polar surface area (TPSA) is 81.7 Å². The second-order valence-corrected chi connectivity index (χ2v) is 9.84. The van der Waals surface area contributed by atoms with Crippen molar-refractivity contribution in [3.63, 3.8) is 0 Å². The third-order valence-corrected chi connectivity index (χ3v) is 6.72. The van der Waals surface area contributed by atoms with E-state index in [0.29, 0.717) is 42.2 Å². The lowest BCUT2D eigenvalue weighted by molar-refractivity contribution is 0.0755. The summed E-state index contributed by atoms with van der Waals surface area (Å²) in [5.41, 5.74) is 2.81. The van der Waals surface area contributed by atoms with Crippen LogP contribution in [0.15, 0.2) is 78.9 Å². The monoisotopic (exact) mass is 535 g/mol. The van der Waals surface area contributed by atoms with E-state index in [1.165, 1.54) is 0 Å². The van der Waals surface area contributed by atoms with Gasteiger partial charge < -0.3 is 20.6 Å². The van der Waals surface area contributed by atoms with E-state index in [1.54, 1.807) is 24.3 Å². The third-order valence-electron chi connectivity index (χ3n) is 6.35. The van der Waals surface area contributed by atoms with Gasteiger partial charge in [-0.05, 0) is 54.7 Å². The van der Waals surface area contributed by atoms with Crippen LogP contribution in [0.1, 0.15) is 58.5 Å². The van der Waals surface area contributed by atoms with E-state index in [2.05, 4.69) is 10.6 Å². The molecule has 0 saturated heterocycles. The molecule has 0 aromatic heterocycles. The highest BCUT2D eigenvalue weighted by Crippen LogP contribution is 2.15. The van der Waals surface area contributed by atoms with Gasteiger partial charge in [0.25, 0.3) is 11.8 Å². The van der Waals surface area contributed by atoms with Crippen molar-refractivity contribution >= 4 is 23.4 Å². The average Bonchev–Trinajstić information content (AvgIpc) is 2.93. The Bertz CT molecular complexity index is 1170. The highest BCUT2D eigenvalue weighted by Gasteiger charge is 2.23. The first kappa shape index (κ1) is 29.4. The maximum Gasteiger partial charge on any atom is 0.253 e. The smallest absolute Gasteiger partial charge is 0.253 e. The quantitative estimate of drug-likeness (QED) is 0.268. The third kappa shape index (κ3) is 8.69. The van der Waals surface area contributed by atoms with Crippen LogP contribution in [0.25, 0.3) is 0 Å². The van der Waals surface area contributed by atoms with Crippen LogP contribution in [0, 0.1) is 0 Å². The van der Waals surface area contributed by atoms with E-state index in [1.807, 2.05) is 73.3 Å². The Kier molecular flexibility index (Phi) is 11.8. The number of hydrogen-bond donors (Lipinski definition) is 3. The van der Waals surface area contributed by atoms with Gasteiger partial charge >= 0.3 is 0 Å². The predicted molar refractivity (Wildman–Crippen MR) is 153 cm³/mol. The van der Waals surface area contributed by atoms with Crippen LogP contribution in [0.5, 0.6) is 0 Å². The zero-order valence-electron chi connectivity index (χ0n) is 22.2. The summed E-state index contributed by atoms with van der Waals surface area (Å²) in [6.45, 7) is 6.21. The normalized spacial score (nSPS) is 12.5. The van der Waals surface area contributed by atoms with Gasteiger partial charge in [0.05, 0.1) is 12.1 Å². The molecule has 0 radical (unpaired) electrons. The van der Waals surface area contributed by atoms with Crippen molar-refractivity contribution < 1.29 is 14.7 Å². The fourth-order valence-electron chi connectivity index (χ4n) is 4.37. The molecule has 202 valence electrons. The van der Waals surface area contributed by atoms with Gasteiger partial charge in [-0.2, -0.15) is 0 Å². The largest absolute Gasteiger partial charge is 0.390 e. The molecule has 7 heteroatoms. The van der Waals surface area contributed by atoms with Gasteiger partial charge in [0.1, 0.15) is 0 Å². The zero-order valence-corrected chi connectivity index (χ0v) is 23.0. The highest BCUT2D eigenvalue weighted by molar-refractivity contribution is 6.31. The molecule has 0 heterocycles. The molecule has 0 spiro atoms. The first-order chi connectivity index (χ1) is 18.4. The number of benzene rings is 3. The van der Waals surface area contributed by atoms with Crippen molar-refractivity contribution in [3.05, 3.63) is 106 Å². The van der Waals surface area contributed by atoms with Crippen molar-refractivity contribution in [3.8, 4) is 0 Å². The summed E-state index contributed by atoms with van der Waals surface area (Å²) in [5, 5.41) is 18.0. The number of carbonyl (C=O) groups is 2. The van der Waals surface area contributed by atoms with Crippen molar-refractivity contribution in [2.24, 2.45) is 0 Å². The number of nitrogens with zero attached hydrogens (tertiary/aromatic N) is 1. The van der Waals surface area contributed by atoms with Gasteiger partial charge in [0.2, 0.25) is 0 Å². The summed E-state index contributed by atoms with van der Waals surface area (Å²) in [5.74, 6) is -0.406. The van der Waals surface area contributed by atoms with E-state index in [9.17, 15) is 14.7 Å². The number of aliphatic hydroxyl groups is 1. The van der Waals surface area contributed by atoms with E-state index in [4.69, 9.17) is 11.6 Å². The number of amides is 2. The average molecular weight is 536 g/mol. The molecular formula is C31H38ClN3O3. The predicted octanol–water partition coefficient (Wildman–Crippen LogP) is 5.09. The molecule has 2 amide bonds. The number of aliphatic hydroxyl groups excluding tert-OH is 1. The Labute approximate surface area is 231 Å². The van der Waals surface area contributed by atoms with Crippen LogP contribution in [0.4, 0.5) is 0 Å².